The van der Waals surface area contributed by atoms with Crippen LogP contribution in [-0.4, -0.2) is 24.5 Å². The first-order valence-electron chi connectivity index (χ1n) is 6.19. The first-order chi connectivity index (χ1) is 6.49. The number of hydrogen-bond donors (Lipinski definition) is 0. The van der Waals surface area contributed by atoms with E-state index in [-0.39, 0.29) is 0 Å². The van der Waals surface area contributed by atoms with Crippen LogP contribution >= 0.6 is 0 Å². The Kier molecular flexibility index (Phi) is 6.43. The molecule has 0 aliphatic carbocycles. The third kappa shape index (κ3) is 4.45. The first-order valence-corrected chi connectivity index (χ1v) is 6.19. The average Bonchev–Trinajstić information content (AvgIpc) is 2.18. The monoisotopic (exact) mass is 199 g/mol. The molecule has 0 rings (SSSR count). The summed E-state index contributed by atoms with van der Waals surface area (Å²) < 4.78 is 0. The summed E-state index contributed by atoms with van der Waals surface area (Å²) in [5, 5.41) is 0. The van der Waals surface area contributed by atoms with Crippen LogP contribution < -0.4 is 0 Å². The molecule has 0 bridgehead atoms. The molecular formula is C13H29N. The molecular weight excluding hydrogens is 170 g/mol. The van der Waals surface area contributed by atoms with Crippen LogP contribution in [0.3, 0.4) is 0 Å². The van der Waals surface area contributed by atoms with Crippen LogP contribution in [0, 0.1) is 5.41 Å². The fourth-order valence-electron chi connectivity index (χ4n) is 1.87. The topological polar surface area (TPSA) is 3.24 Å². The smallest absolute Gasteiger partial charge is 0.00640 e. The van der Waals surface area contributed by atoms with Gasteiger partial charge in [-0.05, 0) is 38.6 Å². The molecule has 0 radical (unpaired) electrons. The van der Waals surface area contributed by atoms with Gasteiger partial charge < -0.3 is 4.90 Å². The predicted molar refractivity (Wildman–Crippen MR) is 65.7 cm³/mol. The molecule has 0 aromatic heterocycles. The van der Waals surface area contributed by atoms with E-state index in [0.717, 1.165) is 6.04 Å². The molecule has 1 atom stereocenters. The molecule has 1 nitrogen and oxygen atoms in total. The minimum atomic E-state index is 0.511. The van der Waals surface area contributed by atoms with Gasteiger partial charge in [-0.15, -0.1) is 0 Å². The van der Waals surface area contributed by atoms with Crippen LogP contribution in [0.1, 0.15) is 60.3 Å². The van der Waals surface area contributed by atoms with Crippen molar-refractivity contribution in [3.05, 3.63) is 0 Å². The average molecular weight is 199 g/mol. The van der Waals surface area contributed by atoms with Crippen molar-refractivity contribution in [2.75, 3.05) is 13.6 Å². The zero-order valence-corrected chi connectivity index (χ0v) is 11.1. The lowest BCUT2D eigenvalue weighted by atomic mass is 9.84. The van der Waals surface area contributed by atoms with Crippen LogP contribution in [0.15, 0.2) is 0 Å². The van der Waals surface area contributed by atoms with E-state index in [9.17, 15) is 0 Å². The van der Waals surface area contributed by atoms with Gasteiger partial charge in [0.25, 0.3) is 0 Å². The summed E-state index contributed by atoms with van der Waals surface area (Å²) in [5.74, 6) is 0. The maximum atomic E-state index is 2.52. The standard InChI is InChI=1S/C13H29N/c1-7-10-12(4)14(6)11-13(5,8-2)9-3/h12H,7-11H2,1-6H3. The Morgan fingerprint density at radius 2 is 1.64 bits per heavy atom. The fraction of sp³-hybridized carbons (Fsp3) is 1.00. The lowest BCUT2D eigenvalue weighted by Gasteiger charge is -2.35. The third-order valence-electron chi connectivity index (χ3n) is 3.80. The minimum Gasteiger partial charge on any atom is -0.303 e. The van der Waals surface area contributed by atoms with E-state index < -0.39 is 0 Å². The van der Waals surface area contributed by atoms with Crippen LogP contribution in [0.25, 0.3) is 0 Å². The number of rotatable bonds is 7. The second-order valence-corrected chi connectivity index (χ2v) is 5.07. The molecule has 14 heavy (non-hydrogen) atoms. The van der Waals surface area contributed by atoms with Crippen molar-refractivity contribution < 1.29 is 0 Å². The molecule has 1 unspecified atom stereocenters. The van der Waals surface area contributed by atoms with Crippen molar-refractivity contribution in [3.63, 3.8) is 0 Å². The lowest BCUT2D eigenvalue weighted by molar-refractivity contribution is 0.141. The molecule has 0 N–H and O–H groups in total. The van der Waals surface area contributed by atoms with E-state index in [4.69, 9.17) is 0 Å². The Hall–Kier alpha value is -0.0400. The van der Waals surface area contributed by atoms with E-state index in [2.05, 4.69) is 46.6 Å². The van der Waals surface area contributed by atoms with Crippen molar-refractivity contribution in [1.82, 2.24) is 4.90 Å². The molecule has 0 amide bonds. The molecule has 0 saturated heterocycles. The second-order valence-electron chi connectivity index (χ2n) is 5.07. The summed E-state index contributed by atoms with van der Waals surface area (Å²) in [5.41, 5.74) is 0.511. The zero-order chi connectivity index (χ0) is 11.2. The normalized spacial score (nSPS) is 14.8. The molecule has 0 aliphatic heterocycles. The van der Waals surface area contributed by atoms with Gasteiger partial charge in [-0.2, -0.15) is 0 Å². The Labute approximate surface area is 90.9 Å². The number of hydrogen-bond acceptors (Lipinski definition) is 1. The molecule has 0 fully saturated rings. The van der Waals surface area contributed by atoms with Crippen LogP contribution in [0.5, 0.6) is 0 Å². The van der Waals surface area contributed by atoms with Gasteiger partial charge in [0, 0.05) is 12.6 Å². The van der Waals surface area contributed by atoms with Crippen molar-refractivity contribution in [2.24, 2.45) is 5.41 Å². The quantitative estimate of drug-likeness (QED) is 0.600. The Morgan fingerprint density at radius 3 is 2.00 bits per heavy atom. The van der Waals surface area contributed by atoms with Crippen molar-refractivity contribution in [2.45, 2.75) is 66.3 Å². The van der Waals surface area contributed by atoms with Crippen molar-refractivity contribution >= 4 is 0 Å². The number of nitrogens with zero attached hydrogens (tertiary/aromatic N) is 1. The summed E-state index contributed by atoms with van der Waals surface area (Å²) in [6.07, 6.45) is 5.18. The molecule has 0 saturated carbocycles. The summed E-state index contributed by atoms with van der Waals surface area (Å²) in [6.45, 7) is 12.9. The summed E-state index contributed by atoms with van der Waals surface area (Å²) in [4.78, 5) is 2.52. The van der Waals surface area contributed by atoms with Gasteiger partial charge in [-0.3, -0.25) is 0 Å². The Morgan fingerprint density at radius 1 is 1.14 bits per heavy atom. The van der Waals surface area contributed by atoms with E-state index in [1.165, 1.54) is 32.2 Å². The van der Waals surface area contributed by atoms with Crippen LogP contribution in [0.2, 0.25) is 0 Å². The lowest BCUT2D eigenvalue weighted by Crippen LogP contribution is -2.38. The van der Waals surface area contributed by atoms with Gasteiger partial charge in [0.1, 0.15) is 0 Å². The second kappa shape index (κ2) is 6.44. The highest BCUT2D eigenvalue weighted by molar-refractivity contribution is 4.76. The van der Waals surface area contributed by atoms with Gasteiger partial charge in [-0.1, -0.05) is 34.1 Å². The Balaban J connectivity index is 4.07. The van der Waals surface area contributed by atoms with Crippen LogP contribution in [0.4, 0.5) is 0 Å². The first kappa shape index (κ1) is 14.0. The zero-order valence-electron chi connectivity index (χ0n) is 11.1. The van der Waals surface area contributed by atoms with E-state index >= 15 is 0 Å². The van der Waals surface area contributed by atoms with Crippen LogP contribution in [-0.2, 0) is 0 Å². The molecule has 0 aliphatic rings. The van der Waals surface area contributed by atoms with Gasteiger partial charge >= 0.3 is 0 Å². The Bertz CT molecular complexity index is 138. The molecule has 0 heterocycles. The molecule has 86 valence electrons. The summed E-state index contributed by atoms with van der Waals surface area (Å²) in [6, 6.07) is 0.734. The minimum absolute atomic E-state index is 0.511. The molecule has 0 aromatic rings. The van der Waals surface area contributed by atoms with E-state index in [1.807, 2.05) is 0 Å². The van der Waals surface area contributed by atoms with E-state index in [0.29, 0.717) is 5.41 Å². The van der Waals surface area contributed by atoms with Crippen molar-refractivity contribution in [1.29, 1.82) is 0 Å². The SMILES string of the molecule is CCCC(C)N(C)CC(C)(CC)CC. The molecule has 1 heteroatoms. The fourth-order valence-corrected chi connectivity index (χ4v) is 1.87. The van der Waals surface area contributed by atoms with E-state index in [1.54, 1.807) is 0 Å². The van der Waals surface area contributed by atoms with Gasteiger partial charge in [-0.25, -0.2) is 0 Å². The maximum absolute atomic E-state index is 2.52. The highest BCUT2D eigenvalue weighted by atomic mass is 15.1. The highest BCUT2D eigenvalue weighted by Gasteiger charge is 2.23. The maximum Gasteiger partial charge on any atom is 0.00640 e. The predicted octanol–water partition coefficient (Wildman–Crippen LogP) is 3.93. The summed E-state index contributed by atoms with van der Waals surface area (Å²) >= 11 is 0. The molecule has 0 spiro atoms. The summed E-state index contributed by atoms with van der Waals surface area (Å²) in [7, 11) is 2.27. The third-order valence-corrected chi connectivity index (χ3v) is 3.80. The largest absolute Gasteiger partial charge is 0.303 e. The molecule has 0 aromatic carbocycles. The van der Waals surface area contributed by atoms with Gasteiger partial charge in [0.15, 0.2) is 0 Å². The highest BCUT2D eigenvalue weighted by Crippen LogP contribution is 2.27. The van der Waals surface area contributed by atoms with Gasteiger partial charge in [0.05, 0.1) is 0 Å². The van der Waals surface area contributed by atoms with Gasteiger partial charge in [0.2, 0.25) is 0 Å². The van der Waals surface area contributed by atoms with Crippen molar-refractivity contribution in [3.8, 4) is 0 Å².